The lowest BCUT2D eigenvalue weighted by molar-refractivity contribution is -0.121. The fourth-order valence-electron chi connectivity index (χ4n) is 2.46. The molecule has 0 saturated heterocycles. The molecular formula is C20H26N2O2. The average molecular weight is 326 g/mol. The topological polar surface area (TPSA) is 41.6 Å². The summed E-state index contributed by atoms with van der Waals surface area (Å²) in [5.74, 6) is 0.921. The van der Waals surface area contributed by atoms with Gasteiger partial charge in [-0.2, -0.15) is 0 Å². The summed E-state index contributed by atoms with van der Waals surface area (Å²) in [5.41, 5.74) is 3.33. The Labute approximate surface area is 144 Å². The summed E-state index contributed by atoms with van der Waals surface area (Å²) in [7, 11) is 4.02. The van der Waals surface area contributed by atoms with Gasteiger partial charge in [-0.05, 0) is 42.7 Å². The third kappa shape index (κ3) is 5.30. The third-order valence-corrected chi connectivity index (χ3v) is 3.84. The molecule has 0 aliphatic carbocycles. The van der Waals surface area contributed by atoms with E-state index in [-0.39, 0.29) is 5.91 Å². The van der Waals surface area contributed by atoms with E-state index in [1.165, 1.54) is 0 Å². The number of benzene rings is 2. The van der Waals surface area contributed by atoms with E-state index in [0.717, 1.165) is 22.6 Å². The molecule has 0 atom stereocenters. The van der Waals surface area contributed by atoms with Crippen LogP contribution < -0.4 is 15.0 Å². The lowest BCUT2D eigenvalue weighted by Crippen LogP contribution is -2.23. The Morgan fingerprint density at radius 1 is 1.08 bits per heavy atom. The zero-order chi connectivity index (χ0) is 17.4. The van der Waals surface area contributed by atoms with Crippen LogP contribution in [0.4, 0.5) is 5.69 Å². The van der Waals surface area contributed by atoms with Crippen LogP contribution in [0.2, 0.25) is 0 Å². The average Bonchev–Trinajstić information content (AvgIpc) is 2.60. The maximum Gasteiger partial charge on any atom is 0.220 e. The summed E-state index contributed by atoms with van der Waals surface area (Å²) in [6.45, 7) is 3.15. The van der Waals surface area contributed by atoms with Crippen LogP contribution in [0.3, 0.4) is 0 Å². The zero-order valence-electron chi connectivity index (χ0n) is 14.7. The quantitative estimate of drug-likeness (QED) is 0.808. The van der Waals surface area contributed by atoms with Gasteiger partial charge in [-0.3, -0.25) is 4.79 Å². The molecule has 2 rings (SSSR count). The summed E-state index contributed by atoms with van der Waals surface area (Å²) in [4.78, 5) is 14.1. The van der Waals surface area contributed by atoms with Gasteiger partial charge in [0.05, 0.1) is 6.61 Å². The molecule has 0 spiro atoms. The second-order valence-corrected chi connectivity index (χ2v) is 5.88. The summed E-state index contributed by atoms with van der Waals surface area (Å²) in [6.07, 6.45) is 1.14. The van der Waals surface area contributed by atoms with Crippen LogP contribution in [0.5, 0.6) is 5.75 Å². The predicted octanol–water partition coefficient (Wildman–Crippen LogP) is 3.40. The van der Waals surface area contributed by atoms with E-state index in [2.05, 4.69) is 22.3 Å². The highest BCUT2D eigenvalue weighted by Gasteiger charge is 2.06. The van der Waals surface area contributed by atoms with Crippen LogP contribution in [-0.4, -0.2) is 26.6 Å². The van der Waals surface area contributed by atoms with Gasteiger partial charge in [-0.25, -0.2) is 0 Å². The number of anilines is 1. The molecule has 4 nitrogen and oxygen atoms in total. The van der Waals surface area contributed by atoms with Gasteiger partial charge in [0.1, 0.15) is 5.75 Å². The first-order valence-corrected chi connectivity index (χ1v) is 8.33. The van der Waals surface area contributed by atoms with Gasteiger partial charge in [0.2, 0.25) is 5.91 Å². The van der Waals surface area contributed by atoms with Crippen LogP contribution in [0.25, 0.3) is 0 Å². The Morgan fingerprint density at radius 2 is 1.79 bits per heavy atom. The van der Waals surface area contributed by atoms with E-state index in [4.69, 9.17) is 4.74 Å². The molecule has 24 heavy (non-hydrogen) atoms. The SMILES string of the molecule is CCOc1ccccc1CCC(=O)NCc1ccc(N(C)C)cc1. The Hall–Kier alpha value is -2.49. The first-order valence-electron chi connectivity index (χ1n) is 8.33. The molecule has 1 N–H and O–H groups in total. The Balaban J connectivity index is 1.81. The minimum Gasteiger partial charge on any atom is -0.494 e. The number of amides is 1. The smallest absolute Gasteiger partial charge is 0.220 e. The van der Waals surface area contributed by atoms with E-state index < -0.39 is 0 Å². The fourth-order valence-corrected chi connectivity index (χ4v) is 2.46. The minimum absolute atomic E-state index is 0.0537. The summed E-state index contributed by atoms with van der Waals surface area (Å²) >= 11 is 0. The van der Waals surface area contributed by atoms with Gasteiger partial charge in [-0.15, -0.1) is 0 Å². The van der Waals surface area contributed by atoms with Crippen LogP contribution in [-0.2, 0) is 17.8 Å². The van der Waals surface area contributed by atoms with Crippen molar-refractivity contribution < 1.29 is 9.53 Å². The van der Waals surface area contributed by atoms with Crippen LogP contribution in [0.1, 0.15) is 24.5 Å². The summed E-state index contributed by atoms with van der Waals surface area (Å²) in [6, 6.07) is 16.1. The van der Waals surface area contributed by atoms with Gasteiger partial charge < -0.3 is 15.0 Å². The molecule has 4 heteroatoms. The number of nitrogens with one attached hydrogen (secondary N) is 1. The van der Waals surface area contributed by atoms with E-state index in [1.54, 1.807) is 0 Å². The summed E-state index contributed by atoms with van der Waals surface area (Å²) < 4.78 is 5.59. The van der Waals surface area contributed by atoms with E-state index in [0.29, 0.717) is 26.0 Å². The van der Waals surface area contributed by atoms with Crippen molar-refractivity contribution in [3.05, 3.63) is 59.7 Å². The highest BCUT2D eigenvalue weighted by Crippen LogP contribution is 2.19. The fraction of sp³-hybridized carbons (Fsp3) is 0.350. The molecule has 0 aromatic heterocycles. The molecule has 1 amide bonds. The van der Waals surface area contributed by atoms with Crippen molar-refractivity contribution >= 4 is 11.6 Å². The normalized spacial score (nSPS) is 10.3. The molecule has 2 aromatic rings. The number of hydrogen-bond donors (Lipinski definition) is 1. The van der Waals surface area contributed by atoms with Crippen molar-refractivity contribution in [3.63, 3.8) is 0 Å². The molecule has 0 unspecified atom stereocenters. The van der Waals surface area contributed by atoms with Crippen molar-refractivity contribution in [1.82, 2.24) is 5.32 Å². The largest absolute Gasteiger partial charge is 0.494 e. The zero-order valence-corrected chi connectivity index (χ0v) is 14.7. The number of hydrogen-bond acceptors (Lipinski definition) is 3. The molecule has 0 bridgehead atoms. The van der Waals surface area contributed by atoms with Crippen LogP contribution >= 0.6 is 0 Å². The van der Waals surface area contributed by atoms with Crippen molar-refractivity contribution in [2.45, 2.75) is 26.3 Å². The second-order valence-electron chi connectivity index (χ2n) is 5.88. The Kier molecular flexibility index (Phi) is 6.67. The number of nitrogens with zero attached hydrogens (tertiary/aromatic N) is 1. The highest BCUT2D eigenvalue weighted by atomic mass is 16.5. The van der Waals surface area contributed by atoms with Crippen LogP contribution in [0, 0.1) is 0 Å². The second kappa shape index (κ2) is 8.96. The number of aryl methyl sites for hydroxylation is 1. The minimum atomic E-state index is 0.0537. The van der Waals surface area contributed by atoms with Gasteiger partial charge in [0.25, 0.3) is 0 Å². The molecule has 128 valence electrons. The van der Waals surface area contributed by atoms with Crippen molar-refractivity contribution in [3.8, 4) is 5.75 Å². The maximum atomic E-state index is 12.1. The highest BCUT2D eigenvalue weighted by molar-refractivity contribution is 5.76. The molecule has 0 heterocycles. The Bertz CT molecular complexity index is 651. The standard InChI is InChI=1S/C20H26N2O2/c1-4-24-19-8-6-5-7-17(19)11-14-20(23)21-15-16-9-12-18(13-10-16)22(2)3/h5-10,12-13H,4,11,14-15H2,1-3H3,(H,21,23). The number of para-hydroxylation sites is 1. The first kappa shape index (κ1) is 17.9. The molecule has 0 aliphatic heterocycles. The van der Waals surface area contributed by atoms with Crippen molar-refractivity contribution in [2.75, 3.05) is 25.6 Å². The number of carbonyl (C=O) groups excluding carboxylic acids is 1. The first-order chi connectivity index (χ1) is 11.6. The summed E-state index contributed by atoms with van der Waals surface area (Å²) in [5, 5.41) is 2.98. The number of ether oxygens (including phenoxy) is 1. The third-order valence-electron chi connectivity index (χ3n) is 3.84. The lowest BCUT2D eigenvalue weighted by atomic mass is 10.1. The van der Waals surface area contributed by atoms with Crippen molar-refractivity contribution in [2.24, 2.45) is 0 Å². The monoisotopic (exact) mass is 326 g/mol. The number of carbonyl (C=O) groups is 1. The molecule has 0 aliphatic rings. The number of rotatable bonds is 8. The molecule has 2 aromatic carbocycles. The van der Waals surface area contributed by atoms with Gasteiger partial charge in [-0.1, -0.05) is 30.3 Å². The van der Waals surface area contributed by atoms with E-state index in [1.807, 2.05) is 57.4 Å². The van der Waals surface area contributed by atoms with Crippen molar-refractivity contribution in [1.29, 1.82) is 0 Å². The van der Waals surface area contributed by atoms with E-state index >= 15 is 0 Å². The van der Waals surface area contributed by atoms with Gasteiger partial charge in [0.15, 0.2) is 0 Å². The predicted molar refractivity (Wildman–Crippen MR) is 98.5 cm³/mol. The molecule has 0 fully saturated rings. The molecule has 0 saturated carbocycles. The van der Waals surface area contributed by atoms with E-state index in [9.17, 15) is 4.79 Å². The van der Waals surface area contributed by atoms with Gasteiger partial charge in [0, 0.05) is 32.7 Å². The molecule has 0 radical (unpaired) electrons. The lowest BCUT2D eigenvalue weighted by Gasteiger charge is -2.13. The van der Waals surface area contributed by atoms with Gasteiger partial charge >= 0.3 is 0 Å². The molecular weight excluding hydrogens is 300 g/mol. The maximum absolute atomic E-state index is 12.1. The van der Waals surface area contributed by atoms with Crippen LogP contribution in [0.15, 0.2) is 48.5 Å². The Morgan fingerprint density at radius 3 is 2.46 bits per heavy atom.